The van der Waals surface area contributed by atoms with E-state index in [0.717, 1.165) is 25.9 Å². The van der Waals surface area contributed by atoms with E-state index in [-0.39, 0.29) is 0 Å². The average molecular weight is 251 g/mol. The van der Waals surface area contributed by atoms with Gasteiger partial charge in [-0.2, -0.15) is 0 Å². The highest BCUT2D eigenvalue weighted by atomic mass is 16.5. The number of rotatable bonds is 8. The van der Waals surface area contributed by atoms with E-state index in [4.69, 9.17) is 9.47 Å². The Hall–Kier alpha value is -1.55. The van der Waals surface area contributed by atoms with Gasteiger partial charge in [0, 0.05) is 12.6 Å². The van der Waals surface area contributed by atoms with Crippen LogP contribution < -0.4 is 9.47 Å². The number of hydrogen-bond acceptors (Lipinski definition) is 4. The van der Waals surface area contributed by atoms with Crippen LogP contribution in [0.25, 0.3) is 0 Å². The first-order valence-electron chi connectivity index (χ1n) is 6.23. The zero-order chi connectivity index (χ0) is 13.4. The first kappa shape index (κ1) is 14.5. The van der Waals surface area contributed by atoms with E-state index in [1.807, 2.05) is 0 Å². The number of hydrogen-bond donors (Lipinski definition) is 0. The van der Waals surface area contributed by atoms with Crippen molar-refractivity contribution in [3.8, 4) is 11.5 Å². The lowest BCUT2D eigenvalue weighted by molar-refractivity contribution is 0.111. The predicted octanol–water partition coefficient (Wildman–Crippen LogP) is 2.23. The van der Waals surface area contributed by atoms with Crippen LogP contribution in [0, 0.1) is 0 Å². The van der Waals surface area contributed by atoms with Crippen molar-refractivity contribution < 1.29 is 14.3 Å². The van der Waals surface area contributed by atoms with Gasteiger partial charge in [-0.3, -0.25) is 4.79 Å². The summed E-state index contributed by atoms with van der Waals surface area (Å²) < 4.78 is 10.8. The average Bonchev–Trinajstić information content (AvgIpc) is 2.43. The Morgan fingerprint density at radius 1 is 1.28 bits per heavy atom. The highest BCUT2D eigenvalue weighted by Crippen LogP contribution is 2.23. The van der Waals surface area contributed by atoms with Crippen molar-refractivity contribution in [1.82, 2.24) is 4.90 Å². The zero-order valence-electron chi connectivity index (χ0n) is 11.3. The Balaban J connectivity index is 2.62. The molecule has 0 amide bonds. The lowest BCUT2D eigenvalue weighted by Crippen LogP contribution is -2.28. The van der Waals surface area contributed by atoms with Crippen LogP contribution in [0.1, 0.15) is 24.2 Å². The maximum absolute atomic E-state index is 10.9. The fourth-order valence-corrected chi connectivity index (χ4v) is 1.69. The lowest BCUT2D eigenvalue weighted by Gasteiger charge is -2.18. The van der Waals surface area contributed by atoms with E-state index in [9.17, 15) is 4.79 Å². The molecule has 18 heavy (non-hydrogen) atoms. The molecule has 4 heteroatoms. The van der Waals surface area contributed by atoms with Gasteiger partial charge in [0.05, 0.1) is 12.7 Å². The van der Waals surface area contributed by atoms with Crippen molar-refractivity contribution in [3.63, 3.8) is 0 Å². The Morgan fingerprint density at radius 2 is 2.00 bits per heavy atom. The smallest absolute Gasteiger partial charge is 0.153 e. The number of methoxy groups -OCH3 is 1. The summed E-state index contributed by atoms with van der Waals surface area (Å²) in [6.45, 7) is 7.65. The molecule has 100 valence electrons. The third-order valence-corrected chi connectivity index (χ3v) is 2.91. The molecule has 0 heterocycles. The minimum atomic E-state index is 0.551. The molecule has 0 bridgehead atoms. The van der Waals surface area contributed by atoms with E-state index >= 15 is 0 Å². The summed E-state index contributed by atoms with van der Waals surface area (Å²) in [4.78, 5) is 13.2. The van der Waals surface area contributed by atoms with Crippen LogP contribution >= 0.6 is 0 Å². The molecule has 4 nitrogen and oxygen atoms in total. The van der Waals surface area contributed by atoms with Crippen molar-refractivity contribution >= 4 is 6.29 Å². The van der Waals surface area contributed by atoms with Crippen molar-refractivity contribution in [3.05, 3.63) is 23.8 Å². The van der Waals surface area contributed by atoms with E-state index < -0.39 is 0 Å². The molecule has 0 aromatic heterocycles. The molecular formula is C14H21NO3. The number of aldehydes is 1. The Bertz CT molecular complexity index is 375. The SMILES string of the molecule is CCN(CC)CCOc1cc(OC)ccc1C=O. The Morgan fingerprint density at radius 3 is 2.56 bits per heavy atom. The highest BCUT2D eigenvalue weighted by Gasteiger charge is 2.06. The summed E-state index contributed by atoms with van der Waals surface area (Å²) in [5, 5.41) is 0. The van der Waals surface area contributed by atoms with Gasteiger partial charge in [0.25, 0.3) is 0 Å². The standard InChI is InChI=1S/C14H21NO3/c1-4-15(5-2)8-9-18-14-10-13(17-3)7-6-12(14)11-16/h6-7,10-11H,4-5,8-9H2,1-3H3. The normalized spacial score (nSPS) is 10.4. The summed E-state index contributed by atoms with van der Waals surface area (Å²) in [5.74, 6) is 1.27. The van der Waals surface area contributed by atoms with Gasteiger partial charge in [-0.05, 0) is 25.2 Å². The Kier molecular flexibility index (Phi) is 6.22. The summed E-state index contributed by atoms with van der Waals surface area (Å²) in [6, 6.07) is 5.20. The topological polar surface area (TPSA) is 38.8 Å². The minimum absolute atomic E-state index is 0.551. The molecule has 0 aliphatic rings. The lowest BCUT2D eigenvalue weighted by atomic mass is 10.2. The van der Waals surface area contributed by atoms with Crippen LogP contribution in [0.15, 0.2) is 18.2 Å². The molecule has 1 aromatic carbocycles. The zero-order valence-corrected chi connectivity index (χ0v) is 11.3. The second kappa shape index (κ2) is 7.71. The first-order chi connectivity index (χ1) is 8.74. The molecule has 0 spiro atoms. The van der Waals surface area contributed by atoms with E-state index in [1.165, 1.54) is 0 Å². The molecule has 0 saturated carbocycles. The molecule has 0 aliphatic carbocycles. The highest BCUT2D eigenvalue weighted by molar-refractivity contribution is 5.79. The van der Waals surface area contributed by atoms with Gasteiger partial charge in [-0.1, -0.05) is 13.8 Å². The molecule has 0 unspecified atom stereocenters. The third-order valence-electron chi connectivity index (χ3n) is 2.91. The second-order valence-electron chi connectivity index (χ2n) is 3.90. The van der Waals surface area contributed by atoms with Crippen LogP contribution in [0.5, 0.6) is 11.5 Å². The summed E-state index contributed by atoms with van der Waals surface area (Å²) in [6.07, 6.45) is 0.798. The molecule has 0 N–H and O–H groups in total. The molecule has 0 aliphatic heterocycles. The summed E-state index contributed by atoms with van der Waals surface area (Å²) >= 11 is 0. The maximum Gasteiger partial charge on any atom is 0.153 e. The largest absolute Gasteiger partial charge is 0.497 e. The Labute approximate surface area is 108 Å². The van der Waals surface area contributed by atoms with Gasteiger partial charge in [0.2, 0.25) is 0 Å². The van der Waals surface area contributed by atoms with Gasteiger partial charge in [0.1, 0.15) is 18.1 Å². The van der Waals surface area contributed by atoms with E-state index in [2.05, 4.69) is 18.7 Å². The number of carbonyl (C=O) groups excluding carboxylic acids is 1. The third kappa shape index (κ3) is 4.04. The van der Waals surface area contributed by atoms with E-state index in [1.54, 1.807) is 25.3 Å². The number of likely N-dealkylation sites (N-methyl/N-ethyl adjacent to an activating group) is 1. The minimum Gasteiger partial charge on any atom is -0.497 e. The molecule has 0 fully saturated rings. The van der Waals surface area contributed by atoms with Crippen LogP contribution in [-0.4, -0.2) is 44.5 Å². The second-order valence-corrected chi connectivity index (χ2v) is 3.90. The van der Waals surface area contributed by atoms with Gasteiger partial charge in [-0.25, -0.2) is 0 Å². The molecule has 0 atom stereocenters. The number of carbonyl (C=O) groups is 1. The summed E-state index contributed by atoms with van der Waals surface area (Å²) in [5.41, 5.74) is 0.551. The monoisotopic (exact) mass is 251 g/mol. The van der Waals surface area contributed by atoms with Crippen molar-refractivity contribution in [1.29, 1.82) is 0 Å². The summed E-state index contributed by atoms with van der Waals surface area (Å²) in [7, 11) is 1.59. The van der Waals surface area contributed by atoms with Gasteiger partial charge < -0.3 is 14.4 Å². The van der Waals surface area contributed by atoms with Crippen LogP contribution in [-0.2, 0) is 0 Å². The fourth-order valence-electron chi connectivity index (χ4n) is 1.69. The van der Waals surface area contributed by atoms with Crippen molar-refractivity contribution in [2.75, 3.05) is 33.4 Å². The molecule has 1 rings (SSSR count). The number of ether oxygens (including phenoxy) is 2. The number of benzene rings is 1. The van der Waals surface area contributed by atoms with Crippen molar-refractivity contribution in [2.24, 2.45) is 0 Å². The molecule has 0 radical (unpaired) electrons. The quantitative estimate of drug-likeness (QED) is 0.664. The van der Waals surface area contributed by atoms with Crippen LogP contribution in [0.2, 0.25) is 0 Å². The fraction of sp³-hybridized carbons (Fsp3) is 0.500. The van der Waals surface area contributed by atoms with Gasteiger partial charge >= 0.3 is 0 Å². The van der Waals surface area contributed by atoms with Crippen LogP contribution in [0.3, 0.4) is 0 Å². The van der Waals surface area contributed by atoms with Crippen LogP contribution in [0.4, 0.5) is 0 Å². The van der Waals surface area contributed by atoms with Crippen molar-refractivity contribution in [2.45, 2.75) is 13.8 Å². The van der Waals surface area contributed by atoms with Gasteiger partial charge in [-0.15, -0.1) is 0 Å². The van der Waals surface area contributed by atoms with E-state index in [0.29, 0.717) is 23.7 Å². The first-order valence-corrected chi connectivity index (χ1v) is 6.23. The van der Waals surface area contributed by atoms with Gasteiger partial charge in [0.15, 0.2) is 6.29 Å². The number of nitrogens with zero attached hydrogens (tertiary/aromatic N) is 1. The molecule has 0 saturated heterocycles. The molecule has 1 aromatic rings. The molecular weight excluding hydrogens is 230 g/mol. The maximum atomic E-state index is 10.9. The predicted molar refractivity (Wildman–Crippen MR) is 71.7 cm³/mol.